The van der Waals surface area contributed by atoms with Crippen molar-refractivity contribution in [2.75, 3.05) is 7.11 Å². The molecule has 1 aromatic rings. The van der Waals surface area contributed by atoms with Gasteiger partial charge in [-0.05, 0) is 24.6 Å². The van der Waals surface area contributed by atoms with Crippen molar-refractivity contribution in [1.29, 1.82) is 0 Å². The van der Waals surface area contributed by atoms with Gasteiger partial charge >= 0.3 is 11.9 Å². The topological polar surface area (TPSA) is 61.8 Å². The third-order valence-electron chi connectivity index (χ3n) is 3.16. The summed E-state index contributed by atoms with van der Waals surface area (Å²) in [5.74, 6) is -1.80. The minimum Gasteiger partial charge on any atom is -0.497 e. The van der Waals surface area contributed by atoms with Gasteiger partial charge in [0.1, 0.15) is 5.75 Å². The van der Waals surface area contributed by atoms with E-state index in [2.05, 4.69) is 0 Å². The SMILES string of the molecule is COc1ccc(C2(C)C(=O)OC(C)(C)OC2=O)cc1. The van der Waals surface area contributed by atoms with E-state index in [1.807, 2.05) is 0 Å². The largest absolute Gasteiger partial charge is 0.497 e. The van der Waals surface area contributed by atoms with Gasteiger partial charge < -0.3 is 14.2 Å². The number of hydrogen-bond acceptors (Lipinski definition) is 5. The van der Waals surface area contributed by atoms with Gasteiger partial charge in [0.25, 0.3) is 5.79 Å². The Hall–Kier alpha value is -2.04. The molecule has 102 valence electrons. The number of carbonyl (C=O) groups is 2. The van der Waals surface area contributed by atoms with Crippen LogP contribution in [0.1, 0.15) is 26.3 Å². The summed E-state index contributed by atoms with van der Waals surface area (Å²) in [6, 6.07) is 6.67. The monoisotopic (exact) mass is 264 g/mol. The standard InChI is InChI=1S/C14H16O5/c1-13(2)18-11(15)14(3,12(16)19-13)9-5-7-10(17-4)8-6-9/h5-8H,1-4H3. The van der Waals surface area contributed by atoms with Crippen molar-refractivity contribution in [2.45, 2.75) is 32.0 Å². The van der Waals surface area contributed by atoms with E-state index in [4.69, 9.17) is 14.2 Å². The second-order valence-corrected chi connectivity index (χ2v) is 5.03. The van der Waals surface area contributed by atoms with Crippen molar-refractivity contribution in [3.63, 3.8) is 0 Å². The van der Waals surface area contributed by atoms with Crippen molar-refractivity contribution < 1.29 is 23.8 Å². The second kappa shape index (κ2) is 4.26. The molecule has 1 aliphatic heterocycles. The van der Waals surface area contributed by atoms with Gasteiger partial charge in [0.05, 0.1) is 7.11 Å². The number of hydrogen-bond donors (Lipinski definition) is 0. The number of cyclic esters (lactones) is 2. The zero-order valence-electron chi connectivity index (χ0n) is 11.4. The van der Waals surface area contributed by atoms with Crippen LogP contribution in [-0.4, -0.2) is 24.8 Å². The summed E-state index contributed by atoms with van der Waals surface area (Å²) >= 11 is 0. The molecule has 1 fully saturated rings. The van der Waals surface area contributed by atoms with Gasteiger partial charge in [-0.2, -0.15) is 0 Å². The quantitative estimate of drug-likeness (QED) is 0.602. The fourth-order valence-corrected chi connectivity index (χ4v) is 1.91. The van der Waals surface area contributed by atoms with Crippen molar-refractivity contribution >= 4 is 11.9 Å². The maximum absolute atomic E-state index is 12.1. The van der Waals surface area contributed by atoms with Crippen LogP contribution in [0.25, 0.3) is 0 Å². The summed E-state index contributed by atoms with van der Waals surface area (Å²) in [6.07, 6.45) is 0. The van der Waals surface area contributed by atoms with Gasteiger partial charge in [-0.15, -0.1) is 0 Å². The molecule has 5 nitrogen and oxygen atoms in total. The van der Waals surface area contributed by atoms with Gasteiger partial charge in [0.2, 0.25) is 0 Å². The minimum atomic E-state index is -1.44. The average Bonchev–Trinajstić information content (AvgIpc) is 2.35. The summed E-state index contributed by atoms with van der Waals surface area (Å²) in [6.45, 7) is 4.54. The van der Waals surface area contributed by atoms with Crippen molar-refractivity contribution in [2.24, 2.45) is 0 Å². The van der Waals surface area contributed by atoms with Crippen LogP contribution in [0.4, 0.5) is 0 Å². The van der Waals surface area contributed by atoms with Crippen molar-refractivity contribution in [3.05, 3.63) is 29.8 Å². The first-order valence-electron chi connectivity index (χ1n) is 5.91. The summed E-state index contributed by atoms with van der Waals surface area (Å²) in [5.41, 5.74) is -0.930. The van der Waals surface area contributed by atoms with E-state index in [1.54, 1.807) is 31.4 Å². The number of esters is 2. The molecule has 0 radical (unpaired) electrons. The molecule has 0 atom stereocenters. The predicted octanol–water partition coefficient (Wildman–Crippen LogP) is 1.79. The molecule has 1 aromatic carbocycles. The first kappa shape index (κ1) is 13.4. The van der Waals surface area contributed by atoms with Crippen LogP contribution in [0.5, 0.6) is 5.75 Å². The molecule has 0 N–H and O–H groups in total. The molecule has 0 aromatic heterocycles. The smallest absolute Gasteiger partial charge is 0.331 e. The molecule has 0 unspecified atom stereocenters. The zero-order chi connectivity index (χ0) is 14.3. The normalized spacial score (nSPS) is 20.4. The highest BCUT2D eigenvalue weighted by molar-refractivity contribution is 6.07. The van der Waals surface area contributed by atoms with Crippen LogP contribution in [0.2, 0.25) is 0 Å². The van der Waals surface area contributed by atoms with E-state index in [1.165, 1.54) is 20.8 Å². The highest BCUT2D eigenvalue weighted by atomic mass is 16.7. The van der Waals surface area contributed by atoms with E-state index in [0.717, 1.165) is 0 Å². The maximum Gasteiger partial charge on any atom is 0.331 e. The van der Waals surface area contributed by atoms with Gasteiger partial charge in [-0.25, -0.2) is 0 Å². The lowest BCUT2D eigenvalue weighted by atomic mass is 9.81. The molecule has 0 spiro atoms. The first-order chi connectivity index (χ1) is 8.79. The van der Waals surface area contributed by atoms with Crippen molar-refractivity contribution in [1.82, 2.24) is 0 Å². The molecular formula is C14H16O5. The Labute approximate surface area is 111 Å². The molecule has 0 amide bonds. The average molecular weight is 264 g/mol. The van der Waals surface area contributed by atoms with Crippen molar-refractivity contribution in [3.8, 4) is 5.75 Å². The van der Waals surface area contributed by atoms with Crippen LogP contribution in [-0.2, 0) is 24.5 Å². The predicted molar refractivity (Wildman–Crippen MR) is 66.6 cm³/mol. The summed E-state index contributed by atoms with van der Waals surface area (Å²) in [4.78, 5) is 24.3. The minimum absolute atomic E-state index is 0.513. The van der Waals surface area contributed by atoms with E-state index in [-0.39, 0.29) is 0 Å². The van der Waals surface area contributed by atoms with Crippen LogP contribution >= 0.6 is 0 Å². The molecule has 2 rings (SSSR count). The Morgan fingerprint density at radius 1 is 0.947 bits per heavy atom. The van der Waals surface area contributed by atoms with E-state index < -0.39 is 23.1 Å². The molecule has 1 saturated heterocycles. The maximum atomic E-state index is 12.1. The van der Waals surface area contributed by atoms with Gasteiger partial charge in [0, 0.05) is 13.8 Å². The number of ether oxygens (including phenoxy) is 3. The lowest BCUT2D eigenvalue weighted by Gasteiger charge is -2.38. The Morgan fingerprint density at radius 3 is 1.84 bits per heavy atom. The Morgan fingerprint density at radius 2 is 1.42 bits per heavy atom. The van der Waals surface area contributed by atoms with Crippen LogP contribution in [0.3, 0.4) is 0 Å². The highest BCUT2D eigenvalue weighted by Gasteiger charge is 2.54. The first-order valence-corrected chi connectivity index (χ1v) is 5.91. The van der Waals surface area contributed by atoms with Crippen LogP contribution < -0.4 is 4.74 Å². The zero-order valence-corrected chi connectivity index (χ0v) is 11.4. The third-order valence-corrected chi connectivity index (χ3v) is 3.16. The fourth-order valence-electron chi connectivity index (χ4n) is 1.91. The van der Waals surface area contributed by atoms with E-state index >= 15 is 0 Å². The molecule has 19 heavy (non-hydrogen) atoms. The number of methoxy groups -OCH3 is 1. The molecular weight excluding hydrogens is 248 g/mol. The number of benzene rings is 1. The Balaban J connectivity index is 2.40. The summed E-state index contributed by atoms with van der Waals surface area (Å²) in [7, 11) is 1.54. The molecule has 0 aliphatic carbocycles. The molecule has 0 bridgehead atoms. The van der Waals surface area contributed by atoms with Gasteiger partial charge in [-0.3, -0.25) is 9.59 Å². The fraction of sp³-hybridized carbons (Fsp3) is 0.429. The number of carbonyl (C=O) groups excluding carboxylic acids is 2. The van der Waals surface area contributed by atoms with Gasteiger partial charge in [-0.1, -0.05) is 12.1 Å². The second-order valence-electron chi connectivity index (χ2n) is 5.03. The molecule has 1 aliphatic rings. The highest BCUT2D eigenvalue weighted by Crippen LogP contribution is 2.35. The lowest BCUT2D eigenvalue weighted by Crippen LogP contribution is -2.54. The van der Waals surface area contributed by atoms with Gasteiger partial charge in [0.15, 0.2) is 5.41 Å². The Kier molecular flexibility index (Phi) is 3.00. The third kappa shape index (κ3) is 2.16. The molecule has 5 heteroatoms. The van der Waals surface area contributed by atoms with Crippen LogP contribution in [0, 0.1) is 0 Å². The number of rotatable bonds is 2. The van der Waals surface area contributed by atoms with E-state index in [9.17, 15) is 9.59 Å². The summed E-state index contributed by atoms with van der Waals surface area (Å²) in [5, 5.41) is 0. The lowest BCUT2D eigenvalue weighted by molar-refractivity contribution is -0.242. The molecule has 1 heterocycles. The summed E-state index contributed by atoms with van der Waals surface area (Å²) < 4.78 is 15.4. The van der Waals surface area contributed by atoms with E-state index in [0.29, 0.717) is 11.3 Å². The Bertz CT molecular complexity index is 495. The molecule has 0 saturated carbocycles. The van der Waals surface area contributed by atoms with Crippen LogP contribution in [0.15, 0.2) is 24.3 Å².